The van der Waals surface area contributed by atoms with Crippen molar-refractivity contribution in [2.45, 2.75) is 37.9 Å². The SMILES string of the molecule is O=C(O)c1cccc(OC2CCC(Oc3cccc(C(=O)O)c3C(=O)O)CC2)c1C(=O)O. The lowest BCUT2D eigenvalue weighted by atomic mass is 9.94. The third-order valence-corrected chi connectivity index (χ3v) is 5.15. The van der Waals surface area contributed by atoms with Crippen molar-refractivity contribution < 1.29 is 49.1 Å². The first kappa shape index (κ1) is 22.6. The highest BCUT2D eigenvalue weighted by Gasteiger charge is 2.29. The summed E-state index contributed by atoms with van der Waals surface area (Å²) >= 11 is 0. The molecule has 0 saturated heterocycles. The number of hydrogen-bond acceptors (Lipinski definition) is 6. The molecular weight excluding hydrogens is 424 g/mol. The van der Waals surface area contributed by atoms with E-state index in [1.54, 1.807) is 0 Å². The van der Waals surface area contributed by atoms with E-state index in [-0.39, 0.29) is 34.8 Å². The van der Waals surface area contributed by atoms with E-state index in [1.807, 2.05) is 0 Å². The largest absolute Gasteiger partial charge is 0.489 e. The number of rotatable bonds is 8. The van der Waals surface area contributed by atoms with Gasteiger partial charge in [0.05, 0.1) is 23.3 Å². The average molecular weight is 444 g/mol. The minimum atomic E-state index is -1.41. The van der Waals surface area contributed by atoms with Crippen molar-refractivity contribution in [2.75, 3.05) is 0 Å². The zero-order valence-electron chi connectivity index (χ0n) is 16.7. The molecule has 1 aliphatic carbocycles. The van der Waals surface area contributed by atoms with Crippen LogP contribution in [0.25, 0.3) is 0 Å². The summed E-state index contributed by atoms with van der Waals surface area (Å²) in [5.41, 5.74) is -1.58. The highest BCUT2D eigenvalue weighted by atomic mass is 16.5. The number of carbonyl (C=O) groups is 4. The van der Waals surface area contributed by atoms with Crippen LogP contribution in [-0.4, -0.2) is 56.5 Å². The fourth-order valence-corrected chi connectivity index (χ4v) is 3.68. The standard InChI is InChI=1S/C22H20O10/c23-19(24)13-3-1-5-15(17(13)21(27)28)31-11-7-9-12(10-8-11)32-16-6-2-4-14(20(25)26)18(16)22(29)30/h1-6,11-12H,7-10H2,(H,23,24)(H,25,26)(H,27,28)(H,29,30). The Morgan fingerprint density at radius 3 is 1.22 bits per heavy atom. The van der Waals surface area contributed by atoms with Gasteiger partial charge in [-0.1, -0.05) is 12.1 Å². The Hall–Kier alpha value is -4.08. The van der Waals surface area contributed by atoms with E-state index in [2.05, 4.69) is 0 Å². The molecule has 0 heterocycles. The van der Waals surface area contributed by atoms with Crippen LogP contribution < -0.4 is 9.47 Å². The predicted molar refractivity (Wildman–Crippen MR) is 108 cm³/mol. The van der Waals surface area contributed by atoms with Crippen LogP contribution in [0, 0.1) is 0 Å². The van der Waals surface area contributed by atoms with Gasteiger partial charge in [0.1, 0.15) is 22.6 Å². The first-order valence-electron chi connectivity index (χ1n) is 9.71. The molecule has 2 aromatic rings. The van der Waals surface area contributed by atoms with Gasteiger partial charge < -0.3 is 29.9 Å². The normalized spacial score (nSPS) is 17.9. The molecule has 10 nitrogen and oxygen atoms in total. The molecule has 0 unspecified atom stereocenters. The van der Waals surface area contributed by atoms with Crippen LogP contribution in [0.5, 0.6) is 11.5 Å². The quantitative estimate of drug-likeness (QED) is 0.474. The summed E-state index contributed by atoms with van der Waals surface area (Å²) in [6.07, 6.45) is 1.01. The summed E-state index contributed by atoms with van der Waals surface area (Å²) in [5.74, 6) is -5.64. The smallest absolute Gasteiger partial charge is 0.340 e. The maximum absolute atomic E-state index is 11.6. The van der Waals surface area contributed by atoms with E-state index < -0.39 is 35.0 Å². The second kappa shape index (κ2) is 9.38. The Labute approximate surface area is 181 Å². The van der Waals surface area contributed by atoms with Gasteiger partial charge in [-0.2, -0.15) is 0 Å². The van der Waals surface area contributed by atoms with Gasteiger partial charge >= 0.3 is 23.9 Å². The van der Waals surface area contributed by atoms with E-state index in [9.17, 15) is 39.6 Å². The molecule has 0 spiro atoms. The predicted octanol–water partition coefficient (Wildman–Crippen LogP) is 3.25. The lowest BCUT2D eigenvalue weighted by Crippen LogP contribution is -2.31. The monoisotopic (exact) mass is 444 g/mol. The van der Waals surface area contributed by atoms with E-state index in [1.165, 1.54) is 36.4 Å². The summed E-state index contributed by atoms with van der Waals surface area (Å²) in [6.45, 7) is 0. The minimum Gasteiger partial charge on any atom is -0.489 e. The Morgan fingerprint density at radius 1 is 0.594 bits per heavy atom. The Bertz CT molecular complexity index is 981. The van der Waals surface area contributed by atoms with Gasteiger partial charge in [0.15, 0.2) is 0 Å². The number of carboxylic acid groups (broad SMARTS) is 4. The fourth-order valence-electron chi connectivity index (χ4n) is 3.68. The third kappa shape index (κ3) is 4.80. The molecule has 10 heteroatoms. The molecule has 4 N–H and O–H groups in total. The van der Waals surface area contributed by atoms with E-state index in [0.29, 0.717) is 25.7 Å². The second-order valence-corrected chi connectivity index (χ2v) is 7.21. The van der Waals surface area contributed by atoms with Crippen molar-refractivity contribution in [1.29, 1.82) is 0 Å². The summed E-state index contributed by atoms with van der Waals surface area (Å²) in [6, 6.07) is 7.99. The van der Waals surface area contributed by atoms with Gasteiger partial charge in [-0.3, -0.25) is 0 Å². The highest BCUT2D eigenvalue weighted by Crippen LogP contribution is 2.31. The highest BCUT2D eigenvalue weighted by molar-refractivity contribution is 6.04. The summed E-state index contributed by atoms with van der Waals surface area (Å²) in [4.78, 5) is 45.7. The maximum atomic E-state index is 11.6. The molecule has 3 rings (SSSR count). The summed E-state index contributed by atoms with van der Waals surface area (Å²) in [5, 5.41) is 37.3. The minimum absolute atomic E-state index is 0.0379. The molecule has 1 saturated carbocycles. The molecule has 0 atom stereocenters. The lowest BCUT2D eigenvalue weighted by molar-refractivity contribution is 0.0606. The third-order valence-electron chi connectivity index (χ3n) is 5.15. The first-order chi connectivity index (χ1) is 15.2. The van der Waals surface area contributed by atoms with Crippen molar-refractivity contribution >= 4 is 23.9 Å². The van der Waals surface area contributed by atoms with Gasteiger partial charge in [-0.15, -0.1) is 0 Å². The molecule has 1 aliphatic rings. The van der Waals surface area contributed by atoms with Crippen LogP contribution in [0.4, 0.5) is 0 Å². The van der Waals surface area contributed by atoms with Gasteiger partial charge in [-0.05, 0) is 49.9 Å². The van der Waals surface area contributed by atoms with Crippen molar-refractivity contribution in [3.05, 3.63) is 58.7 Å². The van der Waals surface area contributed by atoms with Crippen LogP contribution in [0.2, 0.25) is 0 Å². The zero-order valence-corrected chi connectivity index (χ0v) is 16.7. The topological polar surface area (TPSA) is 168 Å². The lowest BCUT2D eigenvalue weighted by Gasteiger charge is -2.30. The summed E-state index contributed by atoms with van der Waals surface area (Å²) in [7, 11) is 0. The Kier molecular flexibility index (Phi) is 6.62. The van der Waals surface area contributed by atoms with Crippen molar-refractivity contribution in [3.63, 3.8) is 0 Å². The number of hydrogen-bond donors (Lipinski definition) is 4. The molecule has 0 bridgehead atoms. The molecule has 0 radical (unpaired) electrons. The van der Waals surface area contributed by atoms with Crippen LogP contribution in [-0.2, 0) is 0 Å². The molecule has 168 valence electrons. The molecular formula is C22H20O10. The average Bonchev–Trinajstić information content (AvgIpc) is 2.74. The van der Waals surface area contributed by atoms with Gasteiger partial charge in [-0.25, -0.2) is 19.2 Å². The van der Waals surface area contributed by atoms with Gasteiger partial charge in [0.2, 0.25) is 0 Å². The van der Waals surface area contributed by atoms with E-state index in [0.717, 1.165) is 0 Å². The number of ether oxygens (including phenoxy) is 2. The number of aromatic carboxylic acids is 4. The second-order valence-electron chi connectivity index (χ2n) is 7.21. The number of carboxylic acids is 4. The Morgan fingerprint density at radius 2 is 0.938 bits per heavy atom. The summed E-state index contributed by atoms with van der Waals surface area (Å²) < 4.78 is 11.6. The van der Waals surface area contributed by atoms with Crippen molar-refractivity contribution in [3.8, 4) is 11.5 Å². The number of benzene rings is 2. The van der Waals surface area contributed by atoms with Gasteiger partial charge in [0, 0.05) is 0 Å². The molecule has 32 heavy (non-hydrogen) atoms. The first-order valence-corrected chi connectivity index (χ1v) is 9.71. The van der Waals surface area contributed by atoms with Crippen LogP contribution in [0.15, 0.2) is 36.4 Å². The van der Waals surface area contributed by atoms with Crippen molar-refractivity contribution in [2.24, 2.45) is 0 Å². The van der Waals surface area contributed by atoms with Gasteiger partial charge in [0.25, 0.3) is 0 Å². The fraction of sp³-hybridized carbons (Fsp3) is 0.273. The van der Waals surface area contributed by atoms with Crippen LogP contribution in [0.3, 0.4) is 0 Å². The molecule has 0 aromatic heterocycles. The van der Waals surface area contributed by atoms with E-state index in [4.69, 9.17) is 9.47 Å². The maximum Gasteiger partial charge on any atom is 0.340 e. The molecule has 1 fully saturated rings. The van der Waals surface area contributed by atoms with Crippen LogP contribution >= 0.6 is 0 Å². The van der Waals surface area contributed by atoms with E-state index >= 15 is 0 Å². The zero-order chi connectivity index (χ0) is 23.4. The van der Waals surface area contributed by atoms with Crippen LogP contribution in [0.1, 0.15) is 67.1 Å². The molecule has 2 aromatic carbocycles. The Balaban J connectivity index is 1.70. The van der Waals surface area contributed by atoms with Crippen molar-refractivity contribution in [1.82, 2.24) is 0 Å². The molecule has 0 aliphatic heterocycles. The molecule has 0 amide bonds.